The third kappa shape index (κ3) is 8.61. The summed E-state index contributed by atoms with van der Waals surface area (Å²) in [6.45, 7) is 6.08. The van der Waals surface area contributed by atoms with Gasteiger partial charge in [-0.25, -0.2) is 0 Å². The maximum Gasteiger partial charge on any atom is 0.261 e. The predicted molar refractivity (Wildman–Crippen MR) is 153 cm³/mol. The summed E-state index contributed by atoms with van der Waals surface area (Å²) >= 11 is 9.78. The molecular weight excluding hydrogens is 552 g/mol. The average Bonchev–Trinajstić information content (AvgIpc) is 2.90. The van der Waals surface area contributed by atoms with Crippen LogP contribution in [-0.2, 0) is 29.0 Å². The van der Waals surface area contributed by atoms with Crippen molar-refractivity contribution in [2.24, 2.45) is 0 Å². The highest BCUT2D eigenvalue weighted by Gasteiger charge is 2.31. The van der Waals surface area contributed by atoms with Crippen molar-refractivity contribution < 1.29 is 14.3 Å². The van der Waals surface area contributed by atoms with Gasteiger partial charge >= 0.3 is 0 Å². The van der Waals surface area contributed by atoms with Crippen LogP contribution in [0.25, 0.3) is 0 Å². The third-order valence-electron chi connectivity index (χ3n) is 6.27. The van der Waals surface area contributed by atoms with Gasteiger partial charge in [-0.3, -0.25) is 9.59 Å². The summed E-state index contributed by atoms with van der Waals surface area (Å²) in [5, 5.41) is 3.64. The first kappa shape index (κ1) is 28.7. The zero-order valence-electron chi connectivity index (χ0n) is 21.5. The Kier molecular flexibility index (Phi) is 11.0. The Morgan fingerprint density at radius 3 is 2.35 bits per heavy atom. The van der Waals surface area contributed by atoms with E-state index in [9.17, 15) is 9.59 Å². The van der Waals surface area contributed by atoms with Gasteiger partial charge in [0.25, 0.3) is 5.91 Å². The fourth-order valence-corrected chi connectivity index (χ4v) is 4.68. The van der Waals surface area contributed by atoms with Gasteiger partial charge in [0, 0.05) is 24.0 Å². The van der Waals surface area contributed by atoms with Gasteiger partial charge < -0.3 is 15.0 Å². The number of halogens is 2. The van der Waals surface area contributed by atoms with E-state index in [0.717, 1.165) is 34.0 Å². The van der Waals surface area contributed by atoms with Crippen LogP contribution in [-0.4, -0.2) is 35.4 Å². The van der Waals surface area contributed by atoms with Crippen LogP contribution in [0.1, 0.15) is 43.9 Å². The number of aryl methyl sites for hydroxylation is 1. The van der Waals surface area contributed by atoms with Gasteiger partial charge in [-0.05, 0) is 76.7 Å². The molecule has 0 fully saturated rings. The summed E-state index contributed by atoms with van der Waals surface area (Å²) < 4.78 is 6.72. The zero-order chi connectivity index (χ0) is 26.8. The van der Waals surface area contributed by atoms with Gasteiger partial charge in [-0.15, -0.1) is 0 Å². The normalized spacial score (nSPS) is 12.5. The minimum Gasteiger partial charge on any atom is -0.483 e. The minimum absolute atomic E-state index is 0.0156. The minimum atomic E-state index is -0.725. The molecule has 0 aromatic heterocycles. The lowest BCUT2D eigenvalue weighted by atomic mass is 10.0. The van der Waals surface area contributed by atoms with Crippen molar-refractivity contribution >= 4 is 39.3 Å². The summed E-state index contributed by atoms with van der Waals surface area (Å²) in [5.74, 6) is 0.102. The third-order valence-corrected chi connectivity index (χ3v) is 7.12. The molecule has 37 heavy (non-hydrogen) atoms. The van der Waals surface area contributed by atoms with Crippen LogP contribution in [0.5, 0.6) is 5.75 Å². The van der Waals surface area contributed by atoms with Crippen LogP contribution in [0.15, 0.2) is 77.3 Å². The van der Waals surface area contributed by atoms with E-state index in [0.29, 0.717) is 17.2 Å². The van der Waals surface area contributed by atoms with Gasteiger partial charge in [-0.2, -0.15) is 0 Å². The molecule has 0 bridgehead atoms. The Morgan fingerprint density at radius 2 is 1.70 bits per heavy atom. The van der Waals surface area contributed by atoms with Gasteiger partial charge in [0.2, 0.25) is 5.91 Å². The zero-order valence-corrected chi connectivity index (χ0v) is 23.9. The van der Waals surface area contributed by atoms with Crippen LogP contribution in [0.3, 0.4) is 0 Å². The van der Waals surface area contributed by atoms with Crippen molar-refractivity contribution in [3.63, 3.8) is 0 Å². The SMILES string of the molecule is CCc1ccc(OCC(=O)N(Cc2cccc(Cl)c2)[C@@H](Cc2ccccc2)C(=O)N[C@H](C)CC)c(Br)c1. The summed E-state index contributed by atoms with van der Waals surface area (Å²) in [6, 6.07) is 22.2. The lowest BCUT2D eigenvalue weighted by molar-refractivity contribution is -0.143. The molecule has 0 saturated carbocycles. The molecule has 3 rings (SSSR count). The van der Waals surface area contributed by atoms with Crippen LogP contribution < -0.4 is 10.1 Å². The highest BCUT2D eigenvalue weighted by Crippen LogP contribution is 2.26. The lowest BCUT2D eigenvalue weighted by Gasteiger charge is -2.32. The quantitative estimate of drug-likeness (QED) is 0.261. The molecule has 2 amide bonds. The monoisotopic (exact) mass is 584 g/mol. The molecule has 0 saturated heterocycles. The number of benzene rings is 3. The molecule has 5 nitrogen and oxygen atoms in total. The number of nitrogens with one attached hydrogen (secondary N) is 1. The highest BCUT2D eigenvalue weighted by molar-refractivity contribution is 9.10. The van der Waals surface area contributed by atoms with Crippen molar-refractivity contribution in [2.75, 3.05) is 6.61 Å². The van der Waals surface area contributed by atoms with E-state index in [1.54, 1.807) is 11.0 Å². The number of hydrogen-bond donors (Lipinski definition) is 1. The van der Waals surface area contributed by atoms with Crippen LogP contribution in [0, 0.1) is 0 Å². The number of nitrogens with zero attached hydrogens (tertiary/aromatic N) is 1. The van der Waals surface area contributed by atoms with Gasteiger partial charge in [-0.1, -0.05) is 74.0 Å². The fraction of sp³-hybridized carbons (Fsp3) is 0.333. The number of hydrogen-bond acceptors (Lipinski definition) is 3. The molecular formula is C30H34BrClN2O3. The molecule has 0 aliphatic heterocycles. The van der Waals surface area contributed by atoms with Gasteiger partial charge in [0.15, 0.2) is 6.61 Å². The first-order chi connectivity index (χ1) is 17.8. The lowest BCUT2D eigenvalue weighted by Crippen LogP contribution is -2.53. The Balaban J connectivity index is 1.92. The maximum absolute atomic E-state index is 13.7. The Hall–Kier alpha value is -2.83. The molecule has 0 heterocycles. The molecule has 7 heteroatoms. The standard InChI is InChI=1S/C30H34BrClN2O3/c1-4-21(3)33-30(36)27(18-23-10-7-6-8-11-23)34(19-24-12-9-13-25(32)16-24)29(35)20-37-28-15-14-22(5-2)17-26(28)31/h6-17,21,27H,4-5,18-20H2,1-3H3,(H,33,36)/t21-,27+/m1/s1. The second-order valence-electron chi connectivity index (χ2n) is 9.08. The molecule has 0 radical (unpaired) electrons. The molecule has 3 aromatic carbocycles. The summed E-state index contributed by atoms with van der Waals surface area (Å²) in [6.07, 6.45) is 2.07. The van der Waals surface area contributed by atoms with Crippen LogP contribution in [0.2, 0.25) is 5.02 Å². The number of carbonyl (C=O) groups excluding carboxylic acids is 2. The van der Waals surface area contributed by atoms with Crippen LogP contribution >= 0.6 is 27.5 Å². The predicted octanol–water partition coefficient (Wildman–Crippen LogP) is 6.60. The molecule has 0 spiro atoms. The first-order valence-electron chi connectivity index (χ1n) is 12.6. The fourth-order valence-electron chi connectivity index (χ4n) is 3.93. The van der Waals surface area contributed by atoms with Gasteiger partial charge in [0.1, 0.15) is 11.8 Å². The van der Waals surface area contributed by atoms with E-state index in [1.807, 2.05) is 80.6 Å². The van der Waals surface area contributed by atoms with E-state index < -0.39 is 6.04 Å². The van der Waals surface area contributed by atoms with Crippen molar-refractivity contribution in [2.45, 2.75) is 58.7 Å². The Bertz CT molecular complexity index is 1190. The molecule has 1 N–H and O–H groups in total. The highest BCUT2D eigenvalue weighted by atomic mass is 79.9. The molecule has 0 aliphatic rings. The largest absolute Gasteiger partial charge is 0.483 e. The average molecular weight is 586 g/mol. The summed E-state index contributed by atoms with van der Waals surface area (Å²) in [5.41, 5.74) is 2.97. The first-order valence-corrected chi connectivity index (χ1v) is 13.8. The van der Waals surface area contributed by atoms with Crippen molar-refractivity contribution in [1.29, 1.82) is 0 Å². The van der Waals surface area contributed by atoms with E-state index >= 15 is 0 Å². The maximum atomic E-state index is 13.7. The van der Waals surface area contributed by atoms with E-state index in [-0.39, 0.29) is 31.0 Å². The van der Waals surface area contributed by atoms with Crippen molar-refractivity contribution in [1.82, 2.24) is 10.2 Å². The second-order valence-corrected chi connectivity index (χ2v) is 10.4. The van der Waals surface area contributed by atoms with Crippen molar-refractivity contribution in [3.8, 4) is 5.75 Å². The second kappa shape index (κ2) is 14.2. The summed E-state index contributed by atoms with van der Waals surface area (Å²) in [7, 11) is 0. The number of amides is 2. The molecule has 2 atom stereocenters. The molecule has 0 unspecified atom stereocenters. The molecule has 0 aliphatic carbocycles. The summed E-state index contributed by atoms with van der Waals surface area (Å²) in [4.78, 5) is 28.8. The van der Waals surface area contributed by atoms with Crippen LogP contribution in [0.4, 0.5) is 0 Å². The van der Waals surface area contributed by atoms with E-state index in [2.05, 4.69) is 28.2 Å². The Morgan fingerprint density at radius 1 is 0.973 bits per heavy atom. The number of rotatable bonds is 12. The Labute approximate surface area is 233 Å². The van der Waals surface area contributed by atoms with E-state index in [1.165, 1.54) is 0 Å². The molecule has 196 valence electrons. The number of carbonyl (C=O) groups is 2. The number of ether oxygens (including phenoxy) is 1. The van der Waals surface area contributed by atoms with Gasteiger partial charge in [0.05, 0.1) is 4.47 Å². The van der Waals surface area contributed by atoms with E-state index in [4.69, 9.17) is 16.3 Å². The van der Waals surface area contributed by atoms with Crippen molar-refractivity contribution in [3.05, 3.63) is 99.0 Å². The molecule has 3 aromatic rings. The smallest absolute Gasteiger partial charge is 0.261 e. The topological polar surface area (TPSA) is 58.6 Å².